The van der Waals surface area contributed by atoms with Gasteiger partial charge in [-0.05, 0) is 5.92 Å². The molecule has 4 rings (SSSR count). The lowest BCUT2D eigenvalue weighted by Crippen LogP contribution is -2.57. The zero-order valence-corrected chi connectivity index (χ0v) is 18.7. The smallest absolute Gasteiger partial charge is 0.275 e. The van der Waals surface area contributed by atoms with Crippen LogP contribution in [-0.2, 0) is 7.05 Å². The molecule has 1 aliphatic rings. The molecule has 3 aromatic heterocycles. The molecule has 4 heterocycles. The number of amides is 1. The van der Waals surface area contributed by atoms with Crippen LogP contribution in [0, 0.1) is 11.7 Å². The minimum absolute atomic E-state index is 0.00771. The number of carbonyl (C=O) groups excluding carboxylic acids is 1. The number of likely N-dealkylation sites (tertiary alicyclic amines) is 1. The van der Waals surface area contributed by atoms with Gasteiger partial charge in [-0.15, -0.1) is 0 Å². The first-order chi connectivity index (χ1) is 16.5. The average Bonchev–Trinajstić information content (AvgIpc) is 3.19. The van der Waals surface area contributed by atoms with Crippen LogP contribution in [0.15, 0.2) is 31.0 Å². The lowest BCUT2D eigenvalue weighted by Gasteiger charge is -2.43. The van der Waals surface area contributed by atoms with Crippen molar-refractivity contribution in [3.05, 3.63) is 48.1 Å². The molecule has 1 N–H and O–H groups in total. The maximum absolute atomic E-state index is 14.5. The summed E-state index contributed by atoms with van der Waals surface area (Å²) in [5.74, 6) is -5.19. The molecule has 35 heavy (non-hydrogen) atoms. The van der Waals surface area contributed by atoms with E-state index in [1.165, 1.54) is 17.9 Å². The molecule has 1 amide bonds. The highest BCUT2D eigenvalue weighted by Gasteiger charge is 2.47. The van der Waals surface area contributed by atoms with Crippen molar-refractivity contribution < 1.29 is 26.7 Å². The molecular weight excluding hydrogens is 475 g/mol. The topological polar surface area (TPSA) is 102 Å². The Morgan fingerprint density at radius 2 is 1.83 bits per heavy atom. The molecule has 0 saturated carbocycles. The van der Waals surface area contributed by atoms with E-state index in [-0.39, 0.29) is 35.1 Å². The molecule has 3 aromatic rings. The van der Waals surface area contributed by atoms with E-state index in [0.29, 0.717) is 0 Å². The van der Waals surface area contributed by atoms with Gasteiger partial charge >= 0.3 is 0 Å². The molecule has 1 unspecified atom stereocenters. The maximum atomic E-state index is 14.5. The van der Waals surface area contributed by atoms with Gasteiger partial charge in [0.05, 0.1) is 36.1 Å². The normalized spacial score (nSPS) is 19.7. The van der Waals surface area contributed by atoms with Gasteiger partial charge in [0.2, 0.25) is 5.95 Å². The number of nitrogens with zero attached hydrogens (tertiary/aromatic N) is 7. The van der Waals surface area contributed by atoms with E-state index in [2.05, 4.69) is 30.4 Å². The zero-order chi connectivity index (χ0) is 25.3. The van der Waals surface area contributed by atoms with Crippen molar-refractivity contribution in [2.75, 3.05) is 18.4 Å². The van der Waals surface area contributed by atoms with E-state index in [4.69, 9.17) is 0 Å². The quantitative estimate of drug-likeness (QED) is 0.523. The first-order valence-electron chi connectivity index (χ1n) is 10.6. The predicted octanol–water partition coefficient (Wildman–Crippen LogP) is 3.34. The summed E-state index contributed by atoms with van der Waals surface area (Å²) in [6.07, 6.45) is 2.03. The van der Waals surface area contributed by atoms with Crippen LogP contribution in [0.4, 0.5) is 27.9 Å². The molecule has 0 spiro atoms. The van der Waals surface area contributed by atoms with Gasteiger partial charge in [-0.2, -0.15) is 5.10 Å². The van der Waals surface area contributed by atoms with Crippen molar-refractivity contribution in [3.63, 3.8) is 0 Å². The Morgan fingerprint density at radius 3 is 2.46 bits per heavy atom. The fraction of sp³-hybridized carbons (Fsp3) is 0.429. The number of nitrogens with one attached hydrogen (secondary N) is 1. The van der Waals surface area contributed by atoms with Crippen molar-refractivity contribution in [2.24, 2.45) is 13.0 Å². The van der Waals surface area contributed by atoms with Gasteiger partial charge in [0, 0.05) is 38.6 Å². The third-order valence-electron chi connectivity index (χ3n) is 5.63. The number of aryl methyl sites for hydroxylation is 1. The summed E-state index contributed by atoms with van der Waals surface area (Å²) in [6, 6.07) is -0.718. The largest absolute Gasteiger partial charge is 0.352 e. The molecule has 1 saturated heterocycles. The van der Waals surface area contributed by atoms with E-state index in [1.807, 2.05) is 0 Å². The number of halogens is 5. The Morgan fingerprint density at radius 1 is 1.17 bits per heavy atom. The van der Waals surface area contributed by atoms with Gasteiger partial charge in [-0.3, -0.25) is 9.48 Å². The SMILES string of the molecule is CC1CC(F)(F)CN(C(=O)c2nn(C)cc2-c2ncc(F)cn2)[C@@H]1CNc1ncc(C(F)F)cn1. The molecule has 14 heteroatoms. The maximum Gasteiger partial charge on any atom is 0.275 e. The Labute approximate surface area is 196 Å². The van der Waals surface area contributed by atoms with Crippen molar-refractivity contribution in [1.82, 2.24) is 34.6 Å². The number of anilines is 1. The summed E-state index contributed by atoms with van der Waals surface area (Å²) >= 11 is 0. The Balaban J connectivity index is 1.61. The highest BCUT2D eigenvalue weighted by Crippen LogP contribution is 2.36. The monoisotopic (exact) mass is 496 g/mol. The number of alkyl halides is 4. The fourth-order valence-corrected chi connectivity index (χ4v) is 4.01. The number of carbonyl (C=O) groups is 1. The van der Waals surface area contributed by atoms with Gasteiger partial charge in [0.25, 0.3) is 18.3 Å². The molecule has 9 nitrogen and oxygen atoms in total. The number of piperidine rings is 1. The molecule has 1 fully saturated rings. The second-order valence-electron chi connectivity index (χ2n) is 8.35. The molecule has 0 bridgehead atoms. The molecule has 0 aromatic carbocycles. The van der Waals surface area contributed by atoms with Gasteiger partial charge < -0.3 is 10.2 Å². The Bertz CT molecular complexity index is 1190. The first kappa shape index (κ1) is 24.4. The third kappa shape index (κ3) is 5.35. The fourth-order valence-electron chi connectivity index (χ4n) is 4.01. The average molecular weight is 496 g/mol. The highest BCUT2D eigenvalue weighted by atomic mass is 19.3. The molecule has 1 aliphatic heterocycles. The van der Waals surface area contributed by atoms with E-state index in [1.54, 1.807) is 6.92 Å². The van der Waals surface area contributed by atoms with Crippen molar-refractivity contribution >= 4 is 11.9 Å². The standard InChI is InChI=1S/C21H21F5N8O/c1-11-3-21(25,26)10-34(15(11)8-31-20-29-4-12(5-30-20)17(23)24)19(35)16-14(9-33(2)32-16)18-27-6-13(22)7-28-18/h4-7,9,11,15,17H,3,8,10H2,1-2H3,(H,29,30,31)/t11?,15-/m1/s1. The second kappa shape index (κ2) is 9.50. The van der Waals surface area contributed by atoms with Crippen LogP contribution < -0.4 is 5.32 Å². The van der Waals surface area contributed by atoms with E-state index >= 15 is 0 Å². The zero-order valence-electron chi connectivity index (χ0n) is 18.7. The van der Waals surface area contributed by atoms with E-state index in [0.717, 1.165) is 29.7 Å². The highest BCUT2D eigenvalue weighted by molar-refractivity contribution is 5.98. The minimum Gasteiger partial charge on any atom is -0.352 e. The lowest BCUT2D eigenvalue weighted by molar-refractivity contribution is -0.0898. The number of rotatable bonds is 6. The number of hydrogen-bond donors (Lipinski definition) is 1. The first-order valence-corrected chi connectivity index (χ1v) is 10.6. The van der Waals surface area contributed by atoms with Crippen molar-refractivity contribution in [2.45, 2.75) is 31.7 Å². The van der Waals surface area contributed by atoms with Gasteiger partial charge in [0.15, 0.2) is 17.3 Å². The van der Waals surface area contributed by atoms with Crippen LogP contribution in [0.2, 0.25) is 0 Å². The van der Waals surface area contributed by atoms with Crippen LogP contribution in [-0.4, -0.2) is 65.6 Å². The van der Waals surface area contributed by atoms with E-state index in [9.17, 15) is 26.7 Å². The molecule has 2 atom stereocenters. The lowest BCUT2D eigenvalue weighted by atomic mass is 9.88. The molecular formula is C21H21F5N8O. The Kier molecular flexibility index (Phi) is 6.63. The van der Waals surface area contributed by atoms with Crippen LogP contribution in [0.5, 0.6) is 0 Å². The number of hydrogen-bond acceptors (Lipinski definition) is 7. The van der Waals surface area contributed by atoms with Crippen LogP contribution in [0.25, 0.3) is 11.4 Å². The van der Waals surface area contributed by atoms with Crippen LogP contribution in [0.3, 0.4) is 0 Å². The van der Waals surface area contributed by atoms with E-state index < -0.39 is 49.0 Å². The second-order valence-corrected chi connectivity index (χ2v) is 8.35. The molecule has 0 radical (unpaired) electrons. The van der Waals surface area contributed by atoms with Gasteiger partial charge in [-0.1, -0.05) is 6.92 Å². The predicted molar refractivity (Wildman–Crippen MR) is 113 cm³/mol. The minimum atomic E-state index is -3.14. The number of aromatic nitrogens is 6. The van der Waals surface area contributed by atoms with Crippen LogP contribution in [0.1, 0.15) is 35.8 Å². The summed E-state index contributed by atoms with van der Waals surface area (Å²) in [5, 5.41) is 6.96. The third-order valence-corrected chi connectivity index (χ3v) is 5.63. The van der Waals surface area contributed by atoms with Gasteiger partial charge in [0.1, 0.15) is 0 Å². The van der Waals surface area contributed by atoms with Crippen molar-refractivity contribution in [3.8, 4) is 11.4 Å². The summed E-state index contributed by atoms with van der Waals surface area (Å²) in [4.78, 5) is 29.9. The van der Waals surface area contributed by atoms with Gasteiger partial charge in [-0.25, -0.2) is 41.9 Å². The van der Waals surface area contributed by atoms with Crippen LogP contribution >= 0.6 is 0 Å². The molecule has 186 valence electrons. The summed E-state index contributed by atoms with van der Waals surface area (Å²) < 4.78 is 69.0. The summed E-state index contributed by atoms with van der Waals surface area (Å²) in [5.41, 5.74) is -0.355. The summed E-state index contributed by atoms with van der Waals surface area (Å²) in [7, 11) is 1.54. The summed E-state index contributed by atoms with van der Waals surface area (Å²) in [6.45, 7) is 0.725. The Hall–Kier alpha value is -3.71. The van der Waals surface area contributed by atoms with Crippen molar-refractivity contribution in [1.29, 1.82) is 0 Å². The molecule has 0 aliphatic carbocycles.